The lowest BCUT2D eigenvalue weighted by atomic mass is 9.92. The number of benzene rings is 2. The van der Waals surface area contributed by atoms with E-state index in [1.807, 2.05) is 61.5 Å². The maximum atomic E-state index is 11.7. The van der Waals surface area contributed by atoms with Gasteiger partial charge in [0.1, 0.15) is 23.8 Å². The lowest BCUT2D eigenvalue weighted by molar-refractivity contribution is -0.136. The van der Waals surface area contributed by atoms with Crippen LogP contribution < -0.4 is 4.74 Å². The van der Waals surface area contributed by atoms with E-state index in [-0.39, 0.29) is 5.97 Å². The highest BCUT2D eigenvalue weighted by molar-refractivity contribution is 5.94. The van der Waals surface area contributed by atoms with E-state index in [0.29, 0.717) is 24.5 Å². The Kier molecular flexibility index (Phi) is 4.98. The van der Waals surface area contributed by atoms with Gasteiger partial charge in [-0.25, -0.2) is 9.78 Å². The average molecular weight is 375 g/mol. The first-order valence-corrected chi connectivity index (χ1v) is 9.20. The van der Waals surface area contributed by atoms with Gasteiger partial charge in [-0.3, -0.25) is 0 Å². The molecule has 0 aliphatic heterocycles. The fourth-order valence-corrected chi connectivity index (χ4v) is 3.27. The predicted octanol–water partition coefficient (Wildman–Crippen LogP) is 4.73. The van der Waals surface area contributed by atoms with Crippen LogP contribution in [0.2, 0.25) is 0 Å². The van der Waals surface area contributed by atoms with Crippen LogP contribution in [0.4, 0.5) is 0 Å². The van der Waals surface area contributed by atoms with Crippen molar-refractivity contribution in [3.8, 4) is 17.2 Å². The van der Waals surface area contributed by atoms with Crippen molar-refractivity contribution < 1.29 is 18.7 Å². The van der Waals surface area contributed by atoms with E-state index >= 15 is 0 Å². The summed E-state index contributed by atoms with van der Waals surface area (Å²) in [5, 5.41) is 0. The summed E-state index contributed by atoms with van der Waals surface area (Å²) in [6, 6.07) is 15.7. The molecular weight excluding hydrogens is 354 g/mol. The van der Waals surface area contributed by atoms with Crippen LogP contribution in [0.3, 0.4) is 0 Å². The Morgan fingerprint density at radius 3 is 2.75 bits per heavy atom. The zero-order valence-corrected chi connectivity index (χ0v) is 15.9. The molecule has 0 amide bonds. The van der Waals surface area contributed by atoms with Gasteiger partial charge in [-0.15, -0.1) is 0 Å². The van der Waals surface area contributed by atoms with Crippen LogP contribution in [-0.2, 0) is 22.6 Å². The van der Waals surface area contributed by atoms with E-state index in [2.05, 4.69) is 4.98 Å². The van der Waals surface area contributed by atoms with Gasteiger partial charge < -0.3 is 13.9 Å². The van der Waals surface area contributed by atoms with Gasteiger partial charge in [0.25, 0.3) is 0 Å². The molecule has 0 bridgehead atoms. The normalized spacial score (nSPS) is 12.9. The number of fused-ring (bicyclic) bond motifs is 1. The van der Waals surface area contributed by atoms with Gasteiger partial charge >= 0.3 is 5.97 Å². The van der Waals surface area contributed by atoms with Crippen LogP contribution in [0.25, 0.3) is 17.5 Å². The van der Waals surface area contributed by atoms with Gasteiger partial charge in [-0.05, 0) is 61.2 Å². The molecule has 2 aromatic carbocycles. The molecule has 0 atom stereocenters. The van der Waals surface area contributed by atoms with Crippen LogP contribution in [0.5, 0.6) is 5.75 Å². The number of hydrogen-bond acceptors (Lipinski definition) is 5. The van der Waals surface area contributed by atoms with Crippen molar-refractivity contribution in [1.29, 1.82) is 0 Å². The fourth-order valence-electron chi connectivity index (χ4n) is 3.27. The van der Waals surface area contributed by atoms with Crippen LogP contribution in [0.15, 0.2) is 58.5 Å². The number of hydrogen-bond donors (Lipinski definition) is 0. The van der Waals surface area contributed by atoms with Crippen molar-refractivity contribution >= 4 is 12.0 Å². The third-order valence-electron chi connectivity index (χ3n) is 4.84. The van der Waals surface area contributed by atoms with Gasteiger partial charge in [0.2, 0.25) is 5.89 Å². The monoisotopic (exact) mass is 375 g/mol. The molecule has 4 rings (SSSR count). The first kappa shape index (κ1) is 18.0. The Balaban J connectivity index is 1.47. The number of esters is 1. The van der Waals surface area contributed by atoms with Crippen molar-refractivity contribution in [1.82, 2.24) is 4.98 Å². The molecule has 28 heavy (non-hydrogen) atoms. The molecule has 1 aliphatic carbocycles. The quantitative estimate of drug-likeness (QED) is 0.603. The van der Waals surface area contributed by atoms with Gasteiger partial charge in [0.05, 0.1) is 7.11 Å². The summed E-state index contributed by atoms with van der Waals surface area (Å²) in [5.41, 5.74) is 4.62. The molecular formula is C23H21NO4. The highest BCUT2D eigenvalue weighted by Crippen LogP contribution is 2.29. The molecule has 0 saturated heterocycles. The number of carbonyl (C=O) groups is 1. The van der Waals surface area contributed by atoms with Gasteiger partial charge in [-0.1, -0.05) is 24.3 Å². The Morgan fingerprint density at radius 1 is 1.14 bits per heavy atom. The van der Waals surface area contributed by atoms with Crippen molar-refractivity contribution in [2.45, 2.75) is 26.4 Å². The second-order valence-electron chi connectivity index (χ2n) is 6.70. The zero-order valence-electron chi connectivity index (χ0n) is 15.9. The third kappa shape index (κ3) is 3.69. The van der Waals surface area contributed by atoms with Gasteiger partial charge in [0, 0.05) is 11.1 Å². The number of ether oxygens (including phenoxy) is 2. The lowest BCUT2D eigenvalue weighted by Gasteiger charge is -2.16. The molecule has 0 fully saturated rings. The lowest BCUT2D eigenvalue weighted by Crippen LogP contribution is -2.10. The smallest absolute Gasteiger partial charge is 0.333 e. The minimum atomic E-state index is -0.262. The third-order valence-corrected chi connectivity index (χ3v) is 4.84. The molecule has 0 unspecified atom stereocenters. The number of aromatic nitrogens is 1. The largest absolute Gasteiger partial charge is 0.487 e. The highest BCUT2D eigenvalue weighted by Gasteiger charge is 2.17. The number of methoxy groups -OCH3 is 1. The minimum absolute atomic E-state index is 0.262. The van der Waals surface area contributed by atoms with E-state index in [0.717, 1.165) is 40.3 Å². The maximum Gasteiger partial charge on any atom is 0.333 e. The summed E-state index contributed by atoms with van der Waals surface area (Å²) in [6.07, 6.45) is 3.35. The SMILES string of the molecule is COC(=O)C1=Cc2ccc(OCc3nc(-c4ccccc4)oc3C)cc2CC1. The molecule has 0 N–H and O–H groups in total. The van der Waals surface area contributed by atoms with Crippen molar-refractivity contribution in [3.05, 3.63) is 76.7 Å². The Hall–Kier alpha value is -3.34. The predicted molar refractivity (Wildman–Crippen MR) is 106 cm³/mol. The van der Waals surface area contributed by atoms with E-state index in [1.165, 1.54) is 7.11 Å². The molecule has 5 nitrogen and oxygen atoms in total. The first-order valence-electron chi connectivity index (χ1n) is 9.20. The number of oxazole rings is 1. The average Bonchev–Trinajstić information content (AvgIpc) is 3.12. The molecule has 142 valence electrons. The highest BCUT2D eigenvalue weighted by atomic mass is 16.5. The van der Waals surface area contributed by atoms with Crippen LogP contribution in [0.1, 0.15) is 29.0 Å². The van der Waals surface area contributed by atoms with Crippen molar-refractivity contribution in [2.24, 2.45) is 0 Å². The topological polar surface area (TPSA) is 61.6 Å². The van der Waals surface area contributed by atoms with Crippen LogP contribution >= 0.6 is 0 Å². The summed E-state index contributed by atoms with van der Waals surface area (Å²) >= 11 is 0. The Bertz CT molecular complexity index is 1030. The zero-order chi connectivity index (χ0) is 19.5. The van der Waals surface area contributed by atoms with E-state index in [9.17, 15) is 4.79 Å². The second kappa shape index (κ2) is 7.72. The van der Waals surface area contributed by atoms with Gasteiger partial charge in [0.15, 0.2) is 0 Å². The number of nitrogens with zero attached hydrogens (tertiary/aromatic N) is 1. The van der Waals surface area contributed by atoms with Crippen molar-refractivity contribution in [3.63, 3.8) is 0 Å². The number of rotatable bonds is 5. The Labute approximate surface area is 163 Å². The van der Waals surface area contributed by atoms with Gasteiger partial charge in [-0.2, -0.15) is 0 Å². The van der Waals surface area contributed by atoms with E-state index < -0.39 is 0 Å². The molecule has 0 radical (unpaired) electrons. The van der Waals surface area contributed by atoms with Crippen LogP contribution in [0, 0.1) is 6.92 Å². The number of carbonyl (C=O) groups excluding carboxylic acids is 1. The molecule has 3 aromatic rings. The minimum Gasteiger partial charge on any atom is -0.487 e. The van der Waals surface area contributed by atoms with Crippen LogP contribution in [-0.4, -0.2) is 18.1 Å². The second-order valence-corrected chi connectivity index (χ2v) is 6.70. The maximum absolute atomic E-state index is 11.7. The summed E-state index contributed by atoms with van der Waals surface area (Å²) in [5.74, 6) is 1.86. The molecule has 0 saturated carbocycles. The summed E-state index contributed by atoms with van der Waals surface area (Å²) in [6.45, 7) is 2.23. The standard InChI is InChI=1S/C23H21NO4/c1-15-21(24-22(28-15)16-6-4-3-5-7-16)14-27-20-11-10-17-12-19(23(25)26-2)9-8-18(17)13-20/h3-7,10-13H,8-9,14H2,1-2H3. The number of aryl methyl sites for hydroxylation is 2. The fraction of sp³-hybridized carbons (Fsp3) is 0.217. The van der Waals surface area contributed by atoms with E-state index in [1.54, 1.807) is 0 Å². The summed E-state index contributed by atoms with van der Waals surface area (Å²) in [4.78, 5) is 16.3. The molecule has 1 aliphatic rings. The Morgan fingerprint density at radius 2 is 1.96 bits per heavy atom. The molecule has 1 heterocycles. The first-order chi connectivity index (χ1) is 13.6. The molecule has 1 aromatic heterocycles. The van der Waals surface area contributed by atoms with E-state index in [4.69, 9.17) is 13.9 Å². The molecule has 0 spiro atoms. The van der Waals surface area contributed by atoms with Crippen molar-refractivity contribution in [2.75, 3.05) is 7.11 Å². The summed E-state index contributed by atoms with van der Waals surface area (Å²) in [7, 11) is 1.41. The molecule has 5 heteroatoms. The summed E-state index contributed by atoms with van der Waals surface area (Å²) < 4.78 is 16.5.